The Morgan fingerprint density at radius 1 is 1.14 bits per heavy atom. The van der Waals surface area contributed by atoms with E-state index in [9.17, 15) is 4.79 Å². The van der Waals surface area contributed by atoms with Gasteiger partial charge in [0.2, 0.25) is 5.72 Å². The van der Waals surface area contributed by atoms with Crippen LogP contribution in [0.1, 0.15) is 31.9 Å². The number of benzene rings is 2. The average molecular weight is 397 g/mol. The number of carbonyl (C=O) groups is 1. The molecule has 5 heteroatoms. The lowest BCUT2D eigenvalue weighted by Crippen LogP contribution is -2.53. The van der Waals surface area contributed by atoms with Crippen molar-refractivity contribution in [1.82, 2.24) is 0 Å². The van der Waals surface area contributed by atoms with Crippen LogP contribution in [0.15, 0.2) is 48.5 Å². The van der Waals surface area contributed by atoms with Crippen molar-refractivity contribution < 1.29 is 9.53 Å². The van der Waals surface area contributed by atoms with E-state index < -0.39 is 11.1 Å². The lowest BCUT2D eigenvalue weighted by Gasteiger charge is -2.39. The number of hydrogen-bond acceptors (Lipinski definition) is 4. The molecule has 0 bridgehead atoms. The number of fused-ring (bicyclic) bond motifs is 3. The van der Waals surface area contributed by atoms with Crippen molar-refractivity contribution in [2.75, 3.05) is 23.9 Å². The summed E-state index contributed by atoms with van der Waals surface area (Å²) in [5, 5.41) is 0.686. The van der Waals surface area contributed by atoms with Crippen LogP contribution in [0, 0.1) is 0 Å². The second kappa shape index (κ2) is 6.28. The lowest BCUT2D eigenvalue weighted by atomic mass is 9.77. The van der Waals surface area contributed by atoms with Crippen LogP contribution < -0.4 is 9.80 Å². The van der Waals surface area contributed by atoms with Crippen molar-refractivity contribution in [2.24, 2.45) is 0 Å². The van der Waals surface area contributed by atoms with E-state index in [1.54, 1.807) is 0 Å². The summed E-state index contributed by atoms with van der Waals surface area (Å²) < 4.78 is 6.06. The molecule has 0 saturated carbocycles. The summed E-state index contributed by atoms with van der Waals surface area (Å²) in [4.78, 5) is 16.7. The van der Waals surface area contributed by atoms with Crippen LogP contribution in [0.25, 0.3) is 6.08 Å². The molecule has 146 valence electrons. The SMILES string of the molecule is CC1C(=O)OC2(C=Cc3ccc(N(C)C)cc3)N1c1ccc(Cl)cc1C2(C)C. The Labute approximate surface area is 171 Å². The number of carbonyl (C=O) groups excluding carboxylic acids is 1. The van der Waals surface area contributed by atoms with Crippen LogP contribution in [-0.4, -0.2) is 31.8 Å². The molecule has 2 atom stereocenters. The van der Waals surface area contributed by atoms with Gasteiger partial charge < -0.3 is 14.5 Å². The third-order valence-electron chi connectivity index (χ3n) is 6.04. The van der Waals surface area contributed by atoms with Crippen molar-refractivity contribution in [1.29, 1.82) is 0 Å². The van der Waals surface area contributed by atoms with Gasteiger partial charge in [0, 0.05) is 30.5 Å². The molecule has 4 nitrogen and oxygen atoms in total. The molecular formula is C23H25ClN2O2. The number of esters is 1. The van der Waals surface area contributed by atoms with Crippen molar-refractivity contribution in [3.05, 3.63) is 64.7 Å². The number of nitrogens with zero attached hydrogens (tertiary/aromatic N) is 2. The molecule has 0 aliphatic carbocycles. The summed E-state index contributed by atoms with van der Waals surface area (Å²) in [5.74, 6) is -0.207. The minimum atomic E-state index is -0.878. The Morgan fingerprint density at radius 3 is 2.46 bits per heavy atom. The van der Waals surface area contributed by atoms with E-state index in [0.29, 0.717) is 5.02 Å². The fraction of sp³-hybridized carbons (Fsp3) is 0.348. The molecule has 0 amide bonds. The Morgan fingerprint density at radius 2 is 1.82 bits per heavy atom. The van der Waals surface area contributed by atoms with E-state index in [2.05, 4.69) is 47.9 Å². The Bertz CT molecular complexity index is 965. The molecular weight excluding hydrogens is 372 g/mol. The van der Waals surface area contributed by atoms with E-state index in [-0.39, 0.29) is 12.0 Å². The molecule has 2 unspecified atom stereocenters. The first-order valence-corrected chi connectivity index (χ1v) is 9.84. The van der Waals surface area contributed by atoms with Gasteiger partial charge in [0.05, 0.1) is 5.41 Å². The van der Waals surface area contributed by atoms with Crippen LogP contribution in [0.3, 0.4) is 0 Å². The number of halogens is 1. The highest BCUT2D eigenvalue weighted by Crippen LogP contribution is 2.57. The molecule has 2 heterocycles. The minimum absolute atomic E-state index is 0.207. The van der Waals surface area contributed by atoms with Crippen LogP contribution in [-0.2, 0) is 14.9 Å². The largest absolute Gasteiger partial charge is 0.433 e. The number of hydrogen-bond donors (Lipinski definition) is 0. The zero-order valence-corrected chi connectivity index (χ0v) is 17.6. The Hall–Kier alpha value is -2.46. The Balaban J connectivity index is 1.80. The summed E-state index contributed by atoms with van der Waals surface area (Å²) in [5.41, 5.74) is 2.96. The zero-order valence-electron chi connectivity index (χ0n) is 16.9. The summed E-state index contributed by atoms with van der Waals surface area (Å²) in [6, 6.07) is 13.8. The van der Waals surface area contributed by atoms with Crippen molar-refractivity contribution >= 4 is 35.0 Å². The molecule has 0 aromatic heterocycles. The molecule has 1 fully saturated rings. The van der Waals surface area contributed by atoms with Gasteiger partial charge in [-0.3, -0.25) is 0 Å². The van der Waals surface area contributed by atoms with Crippen LogP contribution in [0.5, 0.6) is 0 Å². The van der Waals surface area contributed by atoms with Gasteiger partial charge in [-0.25, -0.2) is 4.79 Å². The minimum Gasteiger partial charge on any atom is -0.433 e. The fourth-order valence-electron chi connectivity index (χ4n) is 4.32. The van der Waals surface area contributed by atoms with Gasteiger partial charge in [-0.2, -0.15) is 0 Å². The topological polar surface area (TPSA) is 32.8 Å². The summed E-state index contributed by atoms with van der Waals surface area (Å²) in [6.45, 7) is 6.10. The molecule has 0 spiro atoms. The van der Waals surface area contributed by atoms with Crippen molar-refractivity contribution in [2.45, 2.75) is 38.0 Å². The summed E-state index contributed by atoms with van der Waals surface area (Å²) >= 11 is 6.28. The molecule has 28 heavy (non-hydrogen) atoms. The third kappa shape index (κ3) is 2.55. The Kier molecular flexibility index (Phi) is 4.23. The third-order valence-corrected chi connectivity index (χ3v) is 6.28. The predicted molar refractivity (Wildman–Crippen MR) is 115 cm³/mol. The molecule has 2 aliphatic heterocycles. The highest BCUT2D eigenvalue weighted by Gasteiger charge is 2.64. The highest BCUT2D eigenvalue weighted by atomic mass is 35.5. The maximum Gasteiger partial charge on any atom is 0.331 e. The monoisotopic (exact) mass is 396 g/mol. The average Bonchev–Trinajstić information content (AvgIpc) is 3.01. The molecule has 4 rings (SSSR count). The normalized spacial score (nSPS) is 25.0. The van der Waals surface area contributed by atoms with Gasteiger partial charge in [-0.1, -0.05) is 29.8 Å². The summed E-state index contributed by atoms with van der Waals surface area (Å²) in [6.07, 6.45) is 4.06. The van der Waals surface area contributed by atoms with Gasteiger partial charge in [0.1, 0.15) is 6.04 Å². The molecule has 2 aliphatic rings. The highest BCUT2D eigenvalue weighted by molar-refractivity contribution is 6.30. The molecule has 2 aromatic rings. The van der Waals surface area contributed by atoms with E-state index in [1.165, 1.54) is 0 Å². The summed E-state index contributed by atoms with van der Waals surface area (Å²) in [7, 11) is 4.04. The van der Waals surface area contributed by atoms with Gasteiger partial charge in [0.25, 0.3) is 0 Å². The first-order chi connectivity index (χ1) is 13.2. The van der Waals surface area contributed by atoms with Gasteiger partial charge >= 0.3 is 5.97 Å². The molecule has 0 N–H and O–H groups in total. The van der Waals surface area contributed by atoms with Crippen LogP contribution >= 0.6 is 11.6 Å². The maximum atomic E-state index is 12.6. The van der Waals surface area contributed by atoms with Crippen LogP contribution in [0.2, 0.25) is 5.02 Å². The number of rotatable bonds is 3. The quantitative estimate of drug-likeness (QED) is 0.694. The molecule has 2 aromatic carbocycles. The van der Waals surface area contributed by atoms with Crippen molar-refractivity contribution in [3.63, 3.8) is 0 Å². The molecule has 0 radical (unpaired) electrons. The van der Waals surface area contributed by atoms with Crippen LogP contribution in [0.4, 0.5) is 11.4 Å². The first-order valence-electron chi connectivity index (χ1n) is 9.46. The maximum absolute atomic E-state index is 12.6. The fourth-order valence-corrected chi connectivity index (χ4v) is 4.50. The number of ether oxygens (including phenoxy) is 1. The molecule has 1 saturated heterocycles. The second-order valence-electron chi connectivity index (χ2n) is 8.27. The first kappa shape index (κ1) is 18.9. The van der Waals surface area contributed by atoms with E-state index in [0.717, 1.165) is 22.5 Å². The van der Waals surface area contributed by atoms with Gasteiger partial charge in [-0.05, 0) is 68.3 Å². The predicted octanol–water partition coefficient (Wildman–Crippen LogP) is 4.86. The van der Waals surface area contributed by atoms with Gasteiger partial charge in [-0.15, -0.1) is 0 Å². The standard InChI is InChI=1S/C23H25ClN2O2/c1-15-21(27)28-23(13-12-16-6-9-18(10-7-16)25(4)5)22(2,3)19-14-17(24)8-11-20(19)26(15)23/h6-15H,1-5H3. The van der Waals surface area contributed by atoms with Crippen molar-refractivity contribution in [3.8, 4) is 0 Å². The second-order valence-corrected chi connectivity index (χ2v) is 8.71. The number of anilines is 2. The van der Waals surface area contributed by atoms with E-state index in [4.69, 9.17) is 16.3 Å². The van der Waals surface area contributed by atoms with E-state index >= 15 is 0 Å². The lowest BCUT2D eigenvalue weighted by molar-refractivity contribution is -0.149. The van der Waals surface area contributed by atoms with Gasteiger partial charge in [0.15, 0.2) is 0 Å². The zero-order chi connectivity index (χ0) is 20.3. The van der Waals surface area contributed by atoms with E-state index in [1.807, 2.05) is 51.4 Å². The smallest absolute Gasteiger partial charge is 0.331 e.